The Morgan fingerprint density at radius 2 is 1.83 bits per heavy atom. The normalized spacial score (nSPS) is 15.4. The zero-order valence-electron chi connectivity index (χ0n) is 8.99. The van der Waals surface area contributed by atoms with Gasteiger partial charge in [-0.1, -0.05) is 0 Å². The van der Waals surface area contributed by atoms with E-state index in [4.69, 9.17) is 5.11 Å². The molecule has 1 aliphatic rings. The Morgan fingerprint density at radius 1 is 1.22 bits per heavy atom. The number of nitrogens with zero attached hydrogens (tertiary/aromatic N) is 1. The van der Waals surface area contributed by atoms with Crippen LogP contribution in [0.15, 0.2) is 12.1 Å². The highest BCUT2D eigenvalue weighted by atomic mass is 127. The molecule has 1 aromatic carbocycles. The van der Waals surface area contributed by atoms with E-state index in [1.165, 1.54) is 0 Å². The van der Waals surface area contributed by atoms with Gasteiger partial charge in [-0.2, -0.15) is 0 Å². The predicted octanol–water partition coefficient (Wildman–Crippen LogP) is 2.66. The average Bonchev–Trinajstić information content (AvgIpc) is 2.20. The summed E-state index contributed by atoms with van der Waals surface area (Å²) in [4.78, 5) is 24.5. The molecule has 7 heteroatoms. The Hall–Kier alpha value is 0.350. The number of carboxylic acid groups (broad SMARTS) is 1. The molecule has 1 aliphatic heterocycles. The lowest BCUT2D eigenvalue weighted by atomic mass is 9.99. The van der Waals surface area contributed by atoms with Crippen LogP contribution in [0.3, 0.4) is 0 Å². The van der Waals surface area contributed by atoms with Crippen LogP contribution in [-0.4, -0.2) is 35.0 Å². The highest BCUT2D eigenvalue weighted by molar-refractivity contribution is 14.1. The molecule has 0 radical (unpaired) electrons. The van der Waals surface area contributed by atoms with Gasteiger partial charge in [0, 0.05) is 23.8 Å². The Balaban J connectivity index is 2.18. The van der Waals surface area contributed by atoms with Gasteiger partial charge in [0.05, 0.1) is 11.5 Å². The van der Waals surface area contributed by atoms with Crippen molar-refractivity contribution in [3.8, 4) is 0 Å². The van der Waals surface area contributed by atoms with Crippen LogP contribution in [0, 0.1) is 16.6 Å². The molecule has 0 bridgehead atoms. The highest BCUT2D eigenvalue weighted by Crippen LogP contribution is 2.26. The molecule has 96 valence electrons. The first-order chi connectivity index (χ1) is 8.40. The number of benzene rings is 1. The smallest absolute Gasteiger partial charge is 0.310 e. The molecule has 0 unspecified atom stereocenters. The minimum absolute atomic E-state index is 0.0756. The molecular weight excluding hydrogens is 575 g/mol. The van der Waals surface area contributed by atoms with E-state index in [9.17, 15) is 9.59 Å². The Bertz CT molecular complexity index is 527. The summed E-state index contributed by atoms with van der Waals surface area (Å²) >= 11 is 6.53. The van der Waals surface area contributed by atoms with E-state index < -0.39 is 11.9 Å². The molecule has 1 amide bonds. The summed E-state index contributed by atoms with van der Waals surface area (Å²) in [6, 6.07) is 3.86. The first-order valence-electron chi connectivity index (χ1n) is 5.06. The van der Waals surface area contributed by atoms with Crippen LogP contribution in [0.5, 0.6) is 0 Å². The van der Waals surface area contributed by atoms with Crippen LogP contribution in [0.25, 0.3) is 0 Å². The lowest BCUT2D eigenvalue weighted by Gasteiger charge is -2.36. The van der Waals surface area contributed by atoms with Crippen molar-refractivity contribution in [2.24, 2.45) is 5.92 Å². The van der Waals surface area contributed by atoms with Crippen molar-refractivity contribution in [3.63, 3.8) is 0 Å². The van der Waals surface area contributed by atoms with Crippen LogP contribution >= 0.6 is 67.8 Å². The number of halogens is 3. The number of aliphatic carboxylic acids is 1. The summed E-state index contributed by atoms with van der Waals surface area (Å²) in [6.07, 6.45) is 0. The molecule has 1 saturated heterocycles. The molecule has 0 atom stereocenters. The molecule has 4 nitrogen and oxygen atoms in total. The Labute approximate surface area is 145 Å². The lowest BCUT2D eigenvalue weighted by molar-refractivity contribution is -0.146. The second-order valence-corrected chi connectivity index (χ2v) is 7.48. The number of carbonyl (C=O) groups is 2. The zero-order chi connectivity index (χ0) is 13.4. The third-order valence-electron chi connectivity index (χ3n) is 2.74. The average molecular weight is 583 g/mol. The van der Waals surface area contributed by atoms with E-state index in [0.717, 1.165) is 10.7 Å². The number of carboxylic acids is 1. The second-order valence-electron chi connectivity index (χ2n) is 3.99. The third kappa shape index (κ3) is 2.92. The minimum Gasteiger partial charge on any atom is -0.481 e. The van der Waals surface area contributed by atoms with Crippen LogP contribution in [-0.2, 0) is 4.79 Å². The number of likely N-dealkylation sites (tertiary alicyclic amines) is 1. The summed E-state index contributed by atoms with van der Waals surface area (Å²) in [7, 11) is 0. The van der Waals surface area contributed by atoms with Gasteiger partial charge in [0.25, 0.3) is 5.91 Å². The number of hydrogen-bond donors (Lipinski definition) is 1. The van der Waals surface area contributed by atoms with Gasteiger partial charge in [0.1, 0.15) is 0 Å². The third-order valence-corrected chi connectivity index (χ3v) is 6.41. The Morgan fingerprint density at radius 3 is 2.39 bits per heavy atom. The number of amides is 1. The number of carbonyl (C=O) groups excluding carboxylic acids is 1. The van der Waals surface area contributed by atoms with Crippen LogP contribution in [0.1, 0.15) is 10.4 Å². The topological polar surface area (TPSA) is 57.6 Å². The summed E-state index contributed by atoms with van der Waals surface area (Å²) in [6.45, 7) is 0.624. The SMILES string of the molecule is O=C(O)C1CN(C(=O)c2cc(I)cc(I)c2I)C1. The van der Waals surface area contributed by atoms with Crippen LogP contribution < -0.4 is 0 Å². The Kier molecular flexibility index (Phi) is 4.73. The van der Waals surface area contributed by atoms with Crippen molar-refractivity contribution in [1.29, 1.82) is 0 Å². The van der Waals surface area contributed by atoms with Crippen molar-refractivity contribution in [1.82, 2.24) is 4.90 Å². The van der Waals surface area contributed by atoms with E-state index >= 15 is 0 Å². The van der Waals surface area contributed by atoms with Gasteiger partial charge in [-0.15, -0.1) is 0 Å². The highest BCUT2D eigenvalue weighted by Gasteiger charge is 2.36. The quantitative estimate of drug-likeness (QED) is 0.431. The maximum absolute atomic E-state index is 12.2. The van der Waals surface area contributed by atoms with Crippen molar-refractivity contribution in [2.75, 3.05) is 13.1 Å². The van der Waals surface area contributed by atoms with Crippen molar-refractivity contribution < 1.29 is 14.7 Å². The summed E-state index contributed by atoms with van der Waals surface area (Å²) in [5, 5.41) is 8.80. The number of rotatable bonds is 2. The van der Waals surface area contributed by atoms with Crippen molar-refractivity contribution >= 4 is 79.6 Å². The van der Waals surface area contributed by atoms with Crippen LogP contribution in [0.4, 0.5) is 0 Å². The van der Waals surface area contributed by atoms with E-state index in [2.05, 4.69) is 67.8 Å². The van der Waals surface area contributed by atoms with E-state index in [1.807, 2.05) is 12.1 Å². The van der Waals surface area contributed by atoms with Gasteiger partial charge in [0.15, 0.2) is 0 Å². The fourth-order valence-electron chi connectivity index (χ4n) is 1.68. The molecule has 0 aliphatic carbocycles. The first-order valence-corrected chi connectivity index (χ1v) is 8.30. The van der Waals surface area contributed by atoms with Gasteiger partial charge in [-0.25, -0.2) is 0 Å². The molecule has 18 heavy (non-hydrogen) atoms. The fourth-order valence-corrected chi connectivity index (χ4v) is 4.07. The summed E-state index contributed by atoms with van der Waals surface area (Å²) < 4.78 is 2.98. The number of hydrogen-bond acceptors (Lipinski definition) is 2. The van der Waals surface area contributed by atoms with Gasteiger partial charge >= 0.3 is 5.97 Å². The maximum Gasteiger partial charge on any atom is 0.310 e. The maximum atomic E-state index is 12.2. The van der Waals surface area contributed by atoms with E-state index in [1.54, 1.807) is 4.90 Å². The van der Waals surface area contributed by atoms with Crippen molar-refractivity contribution in [2.45, 2.75) is 0 Å². The minimum atomic E-state index is -0.828. The lowest BCUT2D eigenvalue weighted by Crippen LogP contribution is -2.53. The molecule has 1 aromatic rings. The van der Waals surface area contributed by atoms with Gasteiger partial charge in [0.2, 0.25) is 0 Å². The molecule has 1 heterocycles. The van der Waals surface area contributed by atoms with Crippen molar-refractivity contribution in [3.05, 3.63) is 28.4 Å². The second kappa shape index (κ2) is 5.77. The van der Waals surface area contributed by atoms with Gasteiger partial charge in [-0.3, -0.25) is 9.59 Å². The molecule has 2 rings (SSSR count). The molecular formula is C11H8I3NO3. The van der Waals surface area contributed by atoms with Gasteiger partial charge in [-0.05, 0) is 79.9 Å². The van der Waals surface area contributed by atoms with E-state index in [-0.39, 0.29) is 5.91 Å². The summed E-state index contributed by atoms with van der Waals surface area (Å²) in [5.74, 6) is -1.31. The standard InChI is InChI=1S/C11H8I3NO3/c12-6-1-7(9(14)8(13)2-6)10(16)15-3-5(4-15)11(17)18/h1-2,5H,3-4H2,(H,17,18). The molecule has 0 saturated carbocycles. The molecule has 0 spiro atoms. The molecule has 0 aromatic heterocycles. The first kappa shape index (κ1) is 14.8. The van der Waals surface area contributed by atoms with Gasteiger partial charge < -0.3 is 10.0 Å². The fraction of sp³-hybridized carbons (Fsp3) is 0.273. The molecule has 1 fully saturated rings. The predicted molar refractivity (Wildman–Crippen MR) is 91.6 cm³/mol. The van der Waals surface area contributed by atoms with Crippen LogP contribution in [0.2, 0.25) is 0 Å². The largest absolute Gasteiger partial charge is 0.481 e. The monoisotopic (exact) mass is 583 g/mol. The molecule has 1 N–H and O–H groups in total. The van der Waals surface area contributed by atoms with E-state index in [0.29, 0.717) is 18.7 Å². The zero-order valence-corrected chi connectivity index (χ0v) is 15.5. The summed E-state index contributed by atoms with van der Waals surface area (Å²) in [5.41, 5.74) is 0.663.